The summed E-state index contributed by atoms with van der Waals surface area (Å²) in [5.74, 6) is 0. The number of benzene rings is 1. The van der Waals surface area contributed by atoms with Gasteiger partial charge in [0.25, 0.3) is 0 Å². The summed E-state index contributed by atoms with van der Waals surface area (Å²) in [5, 5.41) is 9.74. The van der Waals surface area contributed by atoms with E-state index in [1.54, 1.807) is 0 Å². The van der Waals surface area contributed by atoms with Gasteiger partial charge in [-0.15, -0.1) is 0 Å². The van der Waals surface area contributed by atoms with Gasteiger partial charge in [0.1, 0.15) is 0 Å². The Bertz CT molecular complexity index is 334. The molecule has 0 aliphatic carbocycles. The first kappa shape index (κ1) is 12.8. The van der Waals surface area contributed by atoms with E-state index in [1.165, 1.54) is 0 Å². The molecule has 1 aromatic carbocycles. The number of rotatable bonds is 4. The second-order valence-corrected chi connectivity index (χ2v) is 4.83. The minimum absolute atomic E-state index is 0.157. The van der Waals surface area contributed by atoms with E-state index in [9.17, 15) is 0 Å². The first-order valence-electron chi connectivity index (χ1n) is 5.97. The van der Waals surface area contributed by atoms with Crippen LogP contribution < -0.4 is 0 Å². The van der Waals surface area contributed by atoms with Crippen LogP contribution in [0.2, 0.25) is 5.02 Å². The Morgan fingerprint density at radius 1 is 1.24 bits per heavy atom. The highest BCUT2D eigenvalue weighted by Gasteiger charge is 2.18. The number of likely N-dealkylation sites (tertiary alicyclic amines) is 1. The van der Waals surface area contributed by atoms with Crippen LogP contribution in [0.5, 0.6) is 0 Å². The highest BCUT2D eigenvalue weighted by atomic mass is 35.5. The van der Waals surface area contributed by atoms with Crippen LogP contribution in [0, 0.1) is 0 Å². The van der Waals surface area contributed by atoms with Crippen LogP contribution in [-0.2, 0) is 11.3 Å². The Labute approximate surface area is 107 Å². The summed E-state index contributed by atoms with van der Waals surface area (Å²) in [5.41, 5.74) is 1.15. The monoisotopic (exact) mass is 255 g/mol. The van der Waals surface area contributed by atoms with Crippen LogP contribution >= 0.6 is 11.6 Å². The zero-order chi connectivity index (χ0) is 12.1. The minimum Gasteiger partial charge on any atom is -0.381 e. The lowest BCUT2D eigenvalue weighted by Gasteiger charge is -2.30. The fourth-order valence-electron chi connectivity index (χ4n) is 2.01. The van der Waals surface area contributed by atoms with E-state index < -0.39 is 0 Å². The summed E-state index contributed by atoms with van der Waals surface area (Å²) in [4.78, 5) is 2.03. The molecule has 0 unspecified atom stereocenters. The van der Waals surface area contributed by atoms with Gasteiger partial charge in [-0.1, -0.05) is 23.7 Å². The first-order valence-corrected chi connectivity index (χ1v) is 6.35. The molecule has 1 aliphatic rings. The molecule has 0 radical (unpaired) electrons. The van der Waals surface area contributed by atoms with Crippen LogP contribution in [0.25, 0.3) is 0 Å². The summed E-state index contributed by atoms with van der Waals surface area (Å²) in [6, 6.07) is 7.75. The smallest absolute Gasteiger partial charge is 0.0956 e. The molecular formula is C13H18ClNO2. The lowest BCUT2D eigenvalue weighted by Crippen LogP contribution is -2.37. The summed E-state index contributed by atoms with van der Waals surface area (Å²) in [6.07, 6.45) is 2.30. The molecule has 1 N–H and O–H groups in total. The van der Waals surface area contributed by atoms with Crippen molar-refractivity contribution >= 4 is 11.6 Å². The van der Waals surface area contributed by atoms with Crippen molar-refractivity contribution in [1.29, 1.82) is 0 Å². The van der Waals surface area contributed by atoms with Gasteiger partial charge in [-0.3, -0.25) is 4.90 Å². The molecule has 2 rings (SSSR count). The molecule has 1 heterocycles. The van der Waals surface area contributed by atoms with Gasteiger partial charge >= 0.3 is 0 Å². The zero-order valence-electron chi connectivity index (χ0n) is 9.81. The van der Waals surface area contributed by atoms with Crippen molar-refractivity contribution in [2.24, 2.45) is 0 Å². The van der Waals surface area contributed by atoms with E-state index in [1.807, 2.05) is 29.2 Å². The molecule has 1 saturated heterocycles. The van der Waals surface area contributed by atoms with Gasteiger partial charge in [0, 0.05) is 18.1 Å². The summed E-state index contributed by atoms with van der Waals surface area (Å²) in [7, 11) is 0. The predicted molar refractivity (Wildman–Crippen MR) is 67.9 cm³/mol. The van der Waals surface area contributed by atoms with Crippen molar-refractivity contribution in [3.8, 4) is 0 Å². The van der Waals surface area contributed by atoms with Crippen LogP contribution in [0.1, 0.15) is 18.4 Å². The van der Waals surface area contributed by atoms with E-state index in [4.69, 9.17) is 21.4 Å². The van der Waals surface area contributed by atoms with Crippen LogP contribution in [-0.4, -0.2) is 35.9 Å². The van der Waals surface area contributed by atoms with Gasteiger partial charge < -0.3 is 9.84 Å². The van der Waals surface area contributed by atoms with Crippen molar-refractivity contribution in [2.45, 2.75) is 25.6 Å². The van der Waals surface area contributed by atoms with Gasteiger partial charge in [0.05, 0.1) is 19.4 Å². The molecule has 0 aromatic heterocycles. The van der Waals surface area contributed by atoms with Crippen molar-refractivity contribution < 1.29 is 9.84 Å². The third kappa shape index (κ3) is 3.96. The Balaban J connectivity index is 1.74. The maximum atomic E-state index is 8.98. The van der Waals surface area contributed by atoms with Crippen molar-refractivity contribution in [3.05, 3.63) is 34.9 Å². The fourth-order valence-corrected chi connectivity index (χ4v) is 2.14. The fraction of sp³-hybridized carbons (Fsp3) is 0.538. The average Bonchev–Trinajstić information content (AvgIpc) is 2.39. The topological polar surface area (TPSA) is 32.7 Å². The molecule has 0 spiro atoms. The zero-order valence-corrected chi connectivity index (χ0v) is 10.6. The molecule has 94 valence electrons. The van der Waals surface area contributed by atoms with Gasteiger partial charge in [0.15, 0.2) is 0 Å². The van der Waals surface area contributed by atoms with Crippen molar-refractivity contribution in [1.82, 2.24) is 4.90 Å². The van der Waals surface area contributed by atoms with Gasteiger partial charge in [-0.2, -0.15) is 0 Å². The summed E-state index contributed by atoms with van der Waals surface area (Å²) in [6.45, 7) is 2.63. The number of aliphatic hydroxyl groups is 1. The van der Waals surface area contributed by atoms with E-state index >= 15 is 0 Å². The van der Waals surface area contributed by atoms with Crippen molar-refractivity contribution in [2.75, 3.05) is 19.8 Å². The molecule has 4 heteroatoms. The number of hydrogen-bond donors (Lipinski definition) is 1. The molecule has 0 saturated carbocycles. The second kappa shape index (κ2) is 6.36. The molecule has 3 nitrogen and oxygen atoms in total. The lowest BCUT2D eigenvalue weighted by atomic mass is 10.1. The molecule has 0 amide bonds. The van der Waals surface area contributed by atoms with Crippen LogP contribution in [0.4, 0.5) is 0 Å². The van der Waals surface area contributed by atoms with Crippen LogP contribution in [0.15, 0.2) is 24.3 Å². The van der Waals surface area contributed by atoms with Gasteiger partial charge in [-0.05, 0) is 30.5 Å². The summed E-state index contributed by atoms with van der Waals surface area (Å²) >= 11 is 5.82. The Hall–Kier alpha value is -0.610. The first-order chi connectivity index (χ1) is 8.28. The molecule has 1 fully saturated rings. The maximum Gasteiger partial charge on any atom is 0.0956 e. The number of ether oxygens (including phenoxy) is 1. The number of piperidine rings is 1. The largest absolute Gasteiger partial charge is 0.381 e. The number of nitrogens with zero attached hydrogens (tertiary/aromatic N) is 1. The maximum absolute atomic E-state index is 8.98. The van der Waals surface area contributed by atoms with E-state index in [2.05, 4.69) is 0 Å². The van der Waals surface area contributed by atoms with E-state index in [0.717, 1.165) is 36.5 Å². The molecule has 1 aliphatic heterocycles. The third-order valence-corrected chi connectivity index (χ3v) is 3.39. The average molecular weight is 256 g/mol. The minimum atomic E-state index is 0.157. The van der Waals surface area contributed by atoms with Crippen molar-refractivity contribution in [3.63, 3.8) is 0 Å². The summed E-state index contributed by atoms with van der Waals surface area (Å²) < 4.78 is 5.85. The number of halogens is 1. The quantitative estimate of drug-likeness (QED) is 0.896. The Kier molecular flexibility index (Phi) is 4.80. The molecule has 17 heavy (non-hydrogen) atoms. The third-order valence-electron chi connectivity index (χ3n) is 3.13. The normalized spacial score (nSPS) is 18.5. The predicted octanol–water partition coefficient (Wildman–Crippen LogP) is 2.27. The van der Waals surface area contributed by atoms with Crippen LogP contribution in [0.3, 0.4) is 0 Å². The van der Waals surface area contributed by atoms with E-state index in [0.29, 0.717) is 12.7 Å². The molecule has 0 atom stereocenters. The Morgan fingerprint density at radius 3 is 2.47 bits per heavy atom. The molecule has 0 bridgehead atoms. The highest BCUT2D eigenvalue weighted by Crippen LogP contribution is 2.16. The molecular weight excluding hydrogens is 238 g/mol. The van der Waals surface area contributed by atoms with E-state index in [-0.39, 0.29) is 6.73 Å². The van der Waals surface area contributed by atoms with Gasteiger partial charge in [-0.25, -0.2) is 0 Å². The SMILES string of the molecule is OCN1CCC(OCc2ccc(Cl)cc2)CC1. The lowest BCUT2D eigenvalue weighted by molar-refractivity contribution is -0.0197. The highest BCUT2D eigenvalue weighted by molar-refractivity contribution is 6.30. The van der Waals surface area contributed by atoms with Gasteiger partial charge in [0.2, 0.25) is 0 Å². The number of aliphatic hydroxyl groups excluding tert-OH is 1. The standard InChI is InChI=1S/C13H18ClNO2/c14-12-3-1-11(2-4-12)9-17-13-5-7-15(10-16)8-6-13/h1-4,13,16H,5-10H2. The Morgan fingerprint density at radius 2 is 1.88 bits per heavy atom. The second-order valence-electron chi connectivity index (χ2n) is 4.40. The number of hydrogen-bond acceptors (Lipinski definition) is 3. The molecule has 1 aromatic rings.